The Morgan fingerprint density at radius 2 is 1.80 bits per heavy atom. The first-order valence-corrected chi connectivity index (χ1v) is 7.15. The third-order valence-corrected chi connectivity index (χ3v) is 4.19. The lowest BCUT2D eigenvalue weighted by molar-refractivity contribution is -0.129. The Hall–Kier alpha value is -1.85. The normalized spacial score (nSPS) is 19.4. The van der Waals surface area contributed by atoms with E-state index in [1.165, 1.54) is 12.8 Å². The molecular formula is C14H19N3O3. The minimum absolute atomic E-state index is 0.0572. The zero-order valence-corrected chi connectivity index (χ0v) is 11.6. The third-order valence-electron chi connectivity index (χ3n) is 4.19. The molecule has 1 heterocycles. The second-order valence-corrected chi connectivity index (χ2v) is 5.70. The molecule has 6 heteroatoms. The van der Waals surface area contributed by atoms with Gasteiger partial charge in [-0.05, 0) is 18.8 Å². The first-order valence-electron chi connectivity index (χ1n) is 7.15. The molecule has 0 unspecified atom stereocenters. The molecule has 1 saturated heterocycles. The molecule has 1 aromatic rings. The van der Waals surface area contributed by atoms with Crippen LogP contribution in [0, 0.1) is 5.92 Å². The van der Waals surface area contributed by atoms with E-state index in [2.05, 4.69) is 5.32 Å². The van der Waals surface area contributed by atoms with E-state index in [0.29, 0.717) is 43.5 Å². The number of nitrogens with zero attached hydrogens (tertiary/aromatic N) is 2. The van der Waals surface area contributed by atoms with Crippen LogP contribution in [0.15, 0.2) is 9.59 Å². The Morgan fingerprint density at radius 1 is 1.15 bits per heavy atom. The quantitative estimate of drug-likeness (QED) is 0.770. The summed E-state index contributed by atoms with van der Waals surface area (Å²) in [5.74, 6) is 0.712. The van der Waals surface area contributed by atoms with Gasteiger partial charge in [-0.15, -0.1) is 0 Å². The number of nitrogens with one attached hydrogen (secondary N) is 1. The van der Waals surface area contributed by atoms with Gasteiger partial charge in [-0.1, -0.05) is 0 Å². The first kappa shape index (κ1) is 13.1. The van der Waals surface area contributed by atoms with Crippen LogP contribution >= 0.6 is 0 Å². The molecule has 1 aromatic carbocycles. The first-order chi connectivity index (χ1) is 9.58. The highest BCUT2D eigenvalue weighted by Gasteiger charge is 2.30. The summed E-state index contributed by atoms with van der Waals surface area (Å²) >= 11 is 0. The van der Waals surface area contributed by atoms with Crippen molar-refractivity contribution in [3.63, 3.8) is 0 Å². The predicted molar refractivity (Wildman–Crippen MR) is 77.0 cm³/mol. The van der Waals surface area contributed by atoms with Crippen LogP contribution in [0.4, 0.5) is 11.4 Å². The van der Waals surface area contributed by atoms with Gasteiger partial charge in [0.15, 0.2) is 0 Å². The number of hydrogen-bond donors (Lipinski definition) is 1. The summed E-state index contributed by atoms with van der Waals surface area (Å²) in [4.78, 5) is 38.4. The van der Waals surface area contributed by atoms with Gasteiger partial charge in [-0.3, -0.25) is 14.4 Å². The van der Waals surface area contributed by atoms with E-state index in [4.69, 9.17) is 0 Å². The Labute approximate surface area is 117 Å². The number of anilines is 2. The van der Waals surface area contributed by atoms with Crippen molar-refractivity contribution in [3.05, 3.63) is 20.4 Å². The molecule has 0 radical (unpaired) electrons. The molecule has 1 N–H and O–H groups in total. The Balaban J connectivity index is 1.68. The van der Waals surface area contributed by atoms with E-state index in [1.807, 2.05) is 4.90 Å². The molecule has 0 spiro atoms. The predicted octanol–water partition coefficient (Wildman–Crippen LogP) is -0.227. The molecule has 2 aliphatic rings. The Bertz CT molecular complexity index is 591. The van der Waals surface area contributed by atoms with E-state index >= 15 is 0 Å². The number of amides is 1. The zero-order valence-electron chi connectivity index (χ0n) is 11.6. The fourth-order valence-corrected chi connectivity index (χ4v) is 2.66. The van der Waals surface area contributed by atoms with Gasteiger partial charge in [0.2, 0.25) is 5.91 Å². The molecule has 2 fully saturated rings. The second kappa shape index (κ2) is 4.92. The summed E-state index contributed by atoms with van der Waals surface area (Å²) < 4.78 is 0. The van der Waals surface area contributed by atoms with Crippen LogP contribution < -0.4 is 21.1 Å². The van der Waals surface area contributed by atoms with Gasteiger partial charge in [0, 0.05) is 39.6 Å². The molecule has 1 aliphatic carbocycles. The van der Waals surface area contributed by atoms with Gasteiger partial charge in [-0.2, -0.15) is 0 Å². The number of carbonyl (C=O) groups is 1. The van der Waals surface area contributed by atoms with Crippen LogP contribution in [0.1, 0.15) is 19.8 Å². The molecule has 1 amide bonds. The molecule has 0 atom stereocenters. The lowest BCUT2D eigenvalue weighted by Crippen LogP contribution is -2.52. The molecule has 0 aromatic heterocycles. The van der Waals surface area contributed by atoms with Crippen molar-refractivity contribution >= 4 is 17.3 Å². The Kier molecular flexibility index (Phi) is 3.23. The van der Waals surface area contributed by atoms with Gasteiger partial charge >= 0.3 is 0 Å². The molecule has 6 nitrogen and oxygen atoms in total. The summed E-state index contributed by atoms with van der Waals surface area (Å²) in [6, 6.07) is 0. The third kappa shape index (κ3) is 2.30. The van der Waals surface area contributed by atoms with Crippen LogP contribution in [0.5, 0.6) is 0 Å². The maximum atomic E-state index is 11.8. The van der Waals surface area contributed by atoms with Crippen LogP contribution in [0.2, 0.25) is 0 Å². The molecular weight excluding hydrogens is 258 g/mol. The van der Waals surface area contributed by atoms with Gasteiger partial charge < -0.3 is 15.1 Å². The molecule has 108 valence electrons. The van der Waals surface area contributed by atoms with Crippen molar-refractivity contribution in [2.24, 2.45) is 5.92 Å². The minimum Gasteiger partial charge on any atom is -0.380 e. The van der Waals surface area contributed by atoms with Crippen LogP contribution in [0.3, 0.4) is 0 Å². The van der Waals surface area contributed by atoms with Crippen molar-refractivity contribution < 1.29 is 4.79 Å². The molecule has 1 aliphatic heterocycles. The van der Waals surface area contributed by atoms with Crippen molar-refractivity contribution in [1.82, 2.24) is 4.90 Å². The maximum Gasteiger partial charge on any atom is 0.253 e. The SMILES string of the molecule is CC(=O)N1CCN(c2c(NCC3CC3)c(=O)c2=O)CC1. The summed E-state index contributed by atoms with van der Waals surface area (Å²) in [5, 5.41) is 3.13. The van der Waals surface area contributed by atoms with Crippen molar-refractivity contribution in [3.8, 4) is 0 Å². The zero-order chi connectivity index (χ0) is 14.3. The van der Waals surface area contributed by atoms with Crippen LogP contribution in [-0.2, 0) is 4.79 Å². The largest absolute Gasteiger partial charge is 0.380 e. The summed E-state index contributed by atoms with van der Waals surface area (Å²) in [5.41, 5.74) is 0.228. The van der Waals surface area contributed by atoms with Crippen molar-refractivity contribution in [2.75, 3.05) is 42.9 Å². The smallest absolute Gasteiger partial charge is 0.253 e. The fraction of sp³-hybridized carbons (Fsp3) is 0.643. The van der Waals surface area contributed by atoms with Crippen molar-refractivity contribution in [2.45, 2.75) is 19.8 Å². The van der Waals surface area contributed by atoms with E-state index < -0.39 is 5.43 Å². The molecule has 3 rings (SSSR count). The van der Waals surface area contributed by atoms with Gasteiger partial charge in [0.1, 0.15) is 11.4 Å². The average molecular weight is 277 g/mol. The van der Waals surface area contributed by atoms with Crippen LogP contribution in [0.25, 0.3) is 0 Å². The lowest BCUT2D eigenvalue weighted by atomic mass is 10.1. The van der Waals surface area contributed by atoms with Crippen molar-refractivity contribution in [1.29, 1.82) is 0 Å². The van der Waals surface area contributed by atoms with E-state index in [9.17, 15) is 14.4 Å². The van der Waals surface area contributed by atoms with Crippen LogP contribution in [-0.4, -0.2) is 43.5 Å². The van der Waals surface area contributed by atoms with E-state index in [0.717, 1.165) is 6.54 Å². The number of piperazine rings is 1. The summed E-state index contributed by atoms with van der Waals surface area (Å²) in [6.07, 6.45) is 2.41. The summed E-state index contributed by atoms with van der Waals surface area (Å²) in [6.45, 7) is 4.78. The maximum absolute atomic E-state index is 11.8. The van der Waals surface area contributed by atoms with Gasteiger partial charge in [0.05, 0.1) is 0 Å². The average Bonchev–Trinajstić information content (AvgIpc) is 3.26. The van der Waals surface area contributed by atoms with E-state index in [1.54, 1.807) is 11.8 Å². The number of rotatable bonds is 4. The number of carbonyl (C=O) groups excluding carboxylic acids is 1. The van der Waals surface area contributed by atoms with E-state index in [-0.39, 0.29) is 11.3 Å². The Morgan fingerprint density at radius 3 is 2.35 bits per heavy atom. The number of hydrogen-bond acceptors (Lipinski definition) is 5. The van der Waals surface area contributed by atoms with Gasteiger partial charge in [-0.25, -0.2) is 0 Å². The highest BCUT2D eigenvalue weighted by molar-refractivity contribution is 5.76. The minimum atomic E-state index is -0.394. The molecule has 0 bridgehead atoms. The molecule has 20 heavy (non-hydrogen) atoms. The summed E-state index contributed by atoms with van der Waals surface area (Å²) in [7, 11) is 0. The highest BCUT2D eigenvalue weighted by atomic mass is 16.2. The highest BCUT2D eigenvalue weighted by Crippen LogP contribution is 2.30. The fourth-order valence-electron chi connectivity index (χ4n) is 2.66. The lowest BCUT2D eigenvalue weighted by Gasteiger charge is -2.36. The standard InChI is InChI=1S/C14H19N3O3/c1-9(18)16-4-6-17(7-5-16)12-11(13(19)14(12)20)15-8-10-2-3-10/h10,15H,2-8H2,1H3. The second-order valence-electron chi connectivity index (χ2n) is 5.70. The van der Waals surface area contributed by atoms with Gasteiger partial charge in [0.25, 0.3) is 10.9 Å². The topological polar surface area (TPSA) is 69.7 Å². The molecule has 1 saturated carbocycles. The monoisotopic (exact) mass is 277 g/mol.